The lowest BCUT2D eigenvalue weighted by atomic mass is 9.78. The van der Waals surface area contributed by atoms with E-state index in [4.69, 9.17) is 0 Å². The Morgan fingerprint density at radius 2 is 1.89 bits per heavy atom. The van der Waals surface area contributed by atoms with Crippen molar-refractivity contribution in [1.29, 1.82) is 0 Å². The summed E-state index contributed by atoms with van der Waals surface area (Å²) in [7, 11) is 0. The second kappa shape index (κ2) is 5.41. The van der Waals surface area contributed by atoms with Gasteiger partial charge in [-0.3, -0.25) is 0 Å². The number of benzene rings is 1. The van der Waals surface area contributed by atoms with Gasteiger partial charge in [0.15, 0.2) is 0 Å². The highest BCUT2D eigenvalue weighted by atomic mass is 16.3. The lowest BCUT2D eigenvalue weighted by Gasteiger charge is -2.34. The van der Waals surface area contributed by atoms with Crippen LogP contribution in [0.2, 0.25) is 0 Å². The quantitative estimate of drug-likeness (QED) is 0.838. The number of nitrogens with one attached hydrogen (secondary N) is 1. The van der Waals surface area contributed by atoms with Gasteiger partial charge < -0.3 is 10.4 Å². The zero-order valence-electron chi connectivity index (χ0n) is 10.9. The molecule has 3 atom stereocenters. The Labute approximate surface area is 109 Å². The van der Waals surface area contributed by atoms with E-state index in [0.717, 1.165) is 25.8 Å². The molecule has 0 spiro atoms. The molecular formula is C16H23NO. The van der Waals surface area contributed by atoms with Gasteiger partial charge >= 0.3 is 0 Å². The molecule has 18 heavy (non-hydrogen) atoms. The van der Waals surface area contributed by atoms with Gasteiger partial charge in [-0.15, -0.1) is 0 Å². The van der Waals surface area contributed by atoms with Crippen LogP contribution in [0.1, 0.15) is 36.8 Å². The maximum Gasteiger partial charge on any atom is 0.0612 e. The molecule has 2 heteroatoms. The van der Waals surface area contributed by atoms with Gasteiger partial charge in [-0.2, -0.15) is 0 Å². The molecule has 98 valence electrons. The first-order chi connectivity index (χ1) is 8.83. The summed E-state index contributed by atoms with van der Waals surface area (Å²) in [6.45, 7) is 1.16. The minimum atomic E-state index is -0.149. The van der Waals surface area contributed by atoms with E-state index in [9.17, 15) is 5.11 Å². The molecule has 2 nitrogen and oxygen atoms in total. The molecule has 0 radical (unpaired) electrons. The molecule has 1 aromatic rings. The Balaban J connectivity index is 1.66. The standard InChI is InChI=1S/C16H23NO/c18-16-11-13-6-2-1-5-12(13)9-14(16)10-15-7-3-4-8-17-15/h1-2,5-6,14-18H,3-4,7-11H2/t14-,15?,16+/m1/s1. The summed E-state index contributed by atoms with van der Waals surface area (Å²) in [6.07, 6.45) is 6.82. The molecule has 2 N–H and O–H groups in total. The Morgan fingerprint density at radius 1 is 1.11 bits per heavy atom. The van der Waals surface area contributed by atoms with Gasteiger partial charge in [0.25, 0.3) is 0 Å². The third-order valence-electron chi connectivity index (χ3n) is 4.57. The van der Waals surface area contributed by atoms with Crippen molar-refractivity contribution in [2.75, 3.05) is 6.54 Å². The molecule has 0 bridgehead atoms. The predicted molar refractivity (Wildman–Crippen MR) is 73.6 cm³/mol. The van der Waals surface area contributed by atoms with E-state index in [2.05, 4.69) is 29.6 Å². The third kappa shape index (κ3) is 2.60. The number of hydrogen-bond acceptors (Lipinski definition) is 2. The molecule has 0 aromatic heterocycles. The molecule has 1 heterocycles. The molecule has 1 aliphatic heterocycles. The Kier molecular flexibility index (Phi) is 3.67. The third-order valence-corrected chi connectivity index (χ3v) is 4.57. The maximum absolute atomic E-state index is 10.3. The Morgan fingerprint density at radius 3 is 2.61 bits per heavy atom. The number of aliphatic hydroxyl groups excluding tert-OH is 1. The van der Waals surface area contributed by atoms with Crippen molar-refractivity contribution < 1.29 is 5.11 Å². The largest absolute Gasteiger partial charge is 0.392 e. The van der Waals surface area contributed by atoms with Crippen LogP contribution < -0.4 is 5.32 Å². The number of piperidine rings is 1. The van der Waals surface area contributed by atoms with Gasteiger partial charge in [0.05, 0.1) is 6.10 Å². The highest BCUT2D eigenvalue weighted by Crippen LogP contribution is 2.30. The van der Waals surface area contributed by atoms with Gasteiger partial charge in [-0.25, -0.2) is 0 Å². The van der Waals surface area contributed by atoms with Gasteiger partial charge in [0.1, 0.15) is 0 Å². The molecule has 1 unspecified atom stereocenters. The average molecular weight is 245 g/mol. The summed E-state index contributed by atoms with van der Waals surface area (Å²) in [4.78, 5) is 0. The van der Waals surface area contributed by atoms with Crippen LogP contribution in [0.5, 0.6) is 0 Å². The lowest BCUT2D eigenvalue weighted by molar-refractivity contribution is 0.0854. The number of hydrogen-bond donors (Lipinski definition) is 2. The van der Waals surface area contributed by atoms with Crippen molar-refractivity contribution >= 4 is 0 Å². The highest BCUT2D eigenvalue weighted by molar-refractivity contribution is 5.30. The van der Waals surface area contributed by atoms with Crippen LogP contribution in [0.3, 0.4) is 0 Å². The number of rotatable bonds is 2. The van der Waals surface area contributed by atoms with Crippen molar-refractivity contribution in [1.82, 2.24) is 5.32 Å². The fraction of sp³-hybridized carbons (Fsp3) is 0.625. The molecule has 1 saturated heterocycles. The molecule has 0 saturated carbocycles. The van der Waals surface area contributed by atoms with E-state index in [1.54, 1.807) is 0 Å². The van der Waals surface area contributed by atoms with Crippen LogP contribution in [-0.2, 0) is 12.8 Å². The minimum absolute atomic E-state index is 0.149. The van der Waals surface area contributed by atoms with Gasteiger partial charge in [0.2, 0.25) is 0 Å². The summed E-state index contributed by atoms with van der Waals surface area (Å²) in [5.74, 6) is 0.440. The van der Waals surface area contributed by atoms with Gasteiger partial charge in [-0.1, -0.05) is 30.7 Å². The second-order valence-electron chi connectivity index (χ2n) is 5.89. The van der Waals surface area contributed by atoms with Crippen molar-refractivity contribution in [2.24, 2.45) is 5.92 Å². The average Bonchev–Trinajstić information content (AvgIpc) is 2.41. The van der Waals surface area contributed by atoms with Crippen molar-refractivity contribution in [3.63, 3.8) is 0 Å². The van der Waals surface area contributed by atoms with Crippen LogP contribution >= 0.6 is 0 Å². The van der Waals surface area contributed by atoms with E-state index in [1.807, 2.05) is 0 Å². The molecule has 1 fully saturated rings. The van der Waals surface area contributed by atoms with Crippen LogP contribution in [0.25, 0.3) is 0 Å². The van der Waals surface area contributed by atoms with E-state index >= 15 is 0 Å². The monoisotopic (exact) mass is 245 g/mol. The summed E-state index contributed by atoms with van der Waals surface area (Å²) in [5, 5.41) is 13.9. The van der Waals surface area contributed by atoms with E-state index in [0.29, 0.717) is 12.0 Å². The fourth-order valence-corrected chi connectivity index (χ4v) is 3.50. The van der Waals surface area contributed by atoms with E-state index in [-0.39, 0.29) is 6.10 Å². The number of fused-ring (bicyclic) bond motifs is 1. The normalized spacial score (nSPS) is 31.9. The SMILES string of the molecule is O[C@H]1Cc2ccccc2C[C@@H]1CC1CCCCN1. The van der Waals surface area contributed by atoms with Gasteiger partial charge in [0, 0.05) is 6.04 Å². The molecule has 2 aliphatic rings. The molecular weight excluding hydrogens is 222 g/mol. The molecule has 0 amide bonds. The first-order valence-electron chi connectivity index (χ1n) is 7.31. The fourth-order valence-electron chi connectivity index (χ4n) is 3.50. The minimum Gasteiger partial charge on any atom is -0.392 e. The Hall–Kier alpha value is -0.860. The van der Waals surface area contributed by atoms with Crippen molar-refractivity contribution in [2.45, 2.75) is 50.7 Å². The first kappa shape index (κ1) is 12.2. The predicted octanol–water partition coefficient (Wildman–Crippen LogP) is 2.29. The smallest absolute Gasteiger partial charge is 0.0612 e. The van der Waals surface area contributed by atoms with Gasteiger partial charge in [-0.05, 0) is 55.7 Å². The lowest BCUT2D eigenvalue weighted by Crippen LogP contribution is -2.40. The summed E-state index contributed by atoms with van der Waals surface area (Å²) in [6, 6.07) is 9.21. The van der Waals surface area contributed by atoms with Crippen LogP contribution in [0, 0.1) is 5.92 Å². The number of aliphatic hydroxyl groups is 1. The van der Waals surface area contributed by atoms with E-state index in [1.165, 1.54) is 30.4 Å². The summed E-state index contributed by atoms with van der Waals surface area (Å²) >= 11 is 0. The highest BCUT2D eigenvalue weighted by Gasteiger charge is 2.29. The van der Waals surface area contributed by atoms with Crippen molar-refractivity contribution in [3.05, 3.63) is 35.4 Å². The van der Waals surface area contributed by atoms with Crippen LogP contribution in [0.4, 0.5) is 0 Å². The van der Waals surface area contributed by atoms with Crippen molar-refractivity contribution in [3.8, 4) is 0 Å². The summed E-state index contributed by atoms with van der Waals surface area (Å²) in [5.41, 5.74) is 2.79. The second-order valence-corrected chi connectivity index (χ2v) is 5.89. The maximum atomic E-state index is 10.3. The van der Waals surface area contributed by atoms with E-state index < -0.39 is 0 Å². The molecule has 1 aliphatic carbocycles. The summed E-state index contributed by atoms with van der Waals surface area (Å²) < 4.78 is 0. The topological polar surface area (TPSA) is 32.3 Å². The first-order valence-corrected chi connectivity index (χ1v) is 7.31. The molecule has 1 aromatic carbocycles. The van der Waals surface area contributed by atoms with Crippen LogP contribution in [0.15, 0.2) is 24.3 Å². The Bertz CT molecular complexity index is 398. The zero-order valence-corrected chi connectivity index (χ0v) is 10.9. The zero-order chi connectivity index (χ0) is 12.4. The molecule has 3 rings (SSSR count). The van der Waals surface area contributed by atoms with Crippen LogP contribution in [-0.4, -0.2) is 23.8 Å².